The van der Waals surface area contributed by atoms with Gasteiger partial charge < -0.3 is 5.73 Å². The number of aryl methyl sites for hydroxylation is 1. The monoisotopic (exact) mass is 251 g/mol. The summed E-state index contributed by atoms with van der Waals surface area (Å²) in [6.07, 6.45) is 2.66. The fourth-order valence-corrected chi connectivity index (χ4v) is 1.74. The molecule has 0 aromatic carbocycles. The number of rotatable bonds is 1. The van der Waals surface area contributed by atoms with E-state index in [2.05, 4.69) is 32.8 Å². The predicted molar refractivity (Wildman–Crippen MR) is 61.0 cm³/mol. The molecule has 0 bridgehead atoms. The Kier molecular flexibility index (Phi) is 2.37. The number of nitrogen functional groups attached to an aromatic ring is 1. The lowest BCUT2D eigenvalue weighted by Crippen LogP contribution is -1.95. The first-order valence-electron chi connectivity index (χ1n) is 4.42. The lowest BCUT2D eigenvalue weighted by atomic mass is 10.1. The molecule has 14 heavy (non-hydrogen) atoms. The third-order valence-corrected chi connectivity index (χ3v) is 2.78. The maximum Gasteiger partial charge on any atom is 0.138 e. The van der Waals surface area contributed by atoms with Crippen LogP contribution in [0.2, 0.25) is 0 Å². The summed E-state index contributed by atoms with van der Waals surface area (Å²) in [6.45, 7) is 2.08. The zero-order valence-corrected chi connectivity index (χ0v) is 9.37. The number of anilines is 1. The van der Waals surface area contributed by atoms with Crippen molar-refractivity contribution >= 4 is 32.7 Å². The highest BCUT2D eigenvalue weighted by molar-refractivity contribution is 9.10. The minimum absolute atomic E-state index is 0.519. The van der Waals surface area contributed by atoms with E-state index < -0.39 is 0 Å². The van der Waals surface area contributed by atoms with Gasteiger partial charge in [0.15, 0.2) is 0 Å². The molecule has 0 spiro atoms. The van der Waals surface area contributed by atoms with E-state index in [1.807, 2.05) is 12.1 Å². The largest absolute Gasteiger partial charge is 0.383 e. The molecule has 72 valence electrons. The van der Waals surface area contributed by atoms with E-state index in [0.29, 0.717) is 5.82 Å². The summed E-state index contributed by atoms with van der Waals surface area (Å²) in [5, 5.41) is 1.07. The first kappa shape index (κ1) is 9.40. The van der Waals surface area contributed by atoms with Crippen LogP contribution in [0.25, 0.3) is 10.9 Å². The molecule has 0 amide bonds. The summed E-state index contributed by atoms with van der Waals surface area (Å²) in [4.78, 5) is 8.57. The van der Waals surface area contributed by atoms with Gasteiger partial charge in [-0.25, -0.2) is 4.98 Å². The third-order valence-electron chi connectivity index (χ3n) is 2.14. The summed E-state index contributed by atoms with van der Waals surface area (Å²) in [7, 11) is 0. The van der Waals surface area contributed by atoms with Crippen molar-refractivity contribution in [3.63, 3.8) is 0 Å². The Bertz CT molecular complexity index is 482. The topological polar surface area (TPSA) is 51.8 Å². The van der Waals surface area contributed by atoms with E-state index >= 15 is 0 Å². The molecule has 0 aliphatic heterocycles. The second kappa shape index (κ2) is 3.53. The van der Waals surface area contributed by atoms with Crippen molar-refractivity contribution in [3.8, 4) is 0 Å². The molecule has 0 aliphatic rings. The van der Waals surface area contributed by atoms with Crippen LogP contribution in [-0.4, -0.2) is 9.97 Å². The Hall–Kier alpha value is -1.16. The molecule has 2 aromatic heterocycles. The summed E-state index contributed by atoms with van der Waals surface area (Å²) in [5.41, 5.74) is 7.65. The smallest absolute Gasteiger partial charge is 0.138 e. The Labute approximate surface area is 90.5 Å². The zero-order chi connectivity index (χ0) is 10.1. The molecule has 0 fully saturated rings. The first-order valence-corrected chi connectivity index (χ1v) is 5.21. The van der Waals surface area contributed by atoms with E-state index in [9.17, 15) is 0 Å². The molecule has 0 saturated heterocycles. The van der Waals surface area contributed by atoms with E-state index in [-0.39, 0.29) is 0 Å². The summed E-state index contributed by atoms with van der Waals surface area (Å²) < 4.78 is 0.827. The van der Waals surface area contributed by atoms with Crippen LogP contribution < -0.4 is 5.73 Å². The number of fused-ring (bicyclic) bond motifs is 1. The normalized spacial score (nSPS) is 10.7. The number of aromatic nitrogens is 2. The molecular formula is C10H10BrN3. The van der Waals surface area contributed by atoms with Crippen molar-refractivity contribution in [1.29, 1.82) is 0 Å². The van der Waals surface area contributed by atoms with Gasteiger partial charge in [-0.05, 0) is 34.5 Å². The van der Waals surface area contributed by atoms with Crippen molar-refractivity contribution in [1.82, 2.24) is 9.97 Å². The van der Waals surface area contributed by atoms with Crippen LogP contribution in [0, 0.1) is 0 Å². The van der Waals surface area contributed by atoms with E-state index in [4.69, 9.17) is 5.73 Å². The molecule has 2 N–H and O–H groups in total. The van der Waals surface area contributed by atoms with Crippen LogP contribution in [-0.2, 0) is 6.42 Å². The van der Waals surface area contributed by atoms with Gasteiger partial charge in [0.2, 0.25) is 0 Å². The molecule has 0 saturated carbocycles. The molecule has 2 heterocycles. The van der Waals surface area contributed by atoms with Gasteiger partial charge in [0, 0.05) is 17.3 Å². The number of nitrogens with zero attached hydrogens (tertiary/aromatic N) is 2. The zero-order valence-electron chi connectivity index (χ0n) is 7.79. The van der Waals surface area contributed by atoms with Crippen molar-refractivity contribution < 1.29 is 0 Å². The molecule has 4 heteroatoms. The van der Waals surface area contributed by atoms with Gasteiger partial charge in [0.25, 0.3) is 0 Å². The molecular weight excluding hydrogens is 242 g/mol. The van der Waals surface area contributed by atoms with Crippen LogP contribution in [0.1, 0.15) is 12.6 Å². The third kappa shape index (κ3) is 1.46. The second-order valence-electron chi connectivity index (χ2n) is 3.03. The van der Waals surface area contributed by atoms with Gasteiger partial charge in [-0.3, -0.25) is 4.98 Å². The molecule has 0 radical (unpaired) electrons. The fraction of sp³-hybridized carbons (Fsp3) is 0.200. The van der Waals surface area contributed by atoms with E-state index in [0.717, 1.165) is 27.5 Å². The molecule has 2 aromatic rings. The van der Waals surface area contributed by atoms with Crippen LogP contribution in [0.5, 0.6) is 0 Å². The summed E-state index contributed by atoms with van der Waals surface area (Å²) in [6, 6.07) is 3.85. The molecule has 0 unspecified atom stereocenters. The predicted octanol–water partition coefficient (Wildman–Crippen LogP) is 2.54. The number of hydrogen-bond donors (Lipinski definition) is 1. The molecule has 0 aliphatic carbocycles. The minimum atomic E-state index is 0.519. The van der Waals surface area contributed by atoms with Crippen molar-refractivity contribution in [3.05, 3.63) is 28.5 Å². The Morgan fingerprint density at radius 3 is 3.00 bits per heavy atom. The highest BCUT2D eigenvalue weighted by Crippen LogP contribution is 2.24. The van der Waals surface area contributed by atoms with Crippen LogP contribution in [0.3, 0.4) is 0 Å². The van der Waals surface area contributed by atoms with Gasteiger partial charge in [0.1, 0.15) is 5.82 Å². The fourth-order valence-electron chi connectivity index (χ4n) is 1.43. The van der Waals surface area contributed by atoms with Crippen LogP contribution in [0.15, 0.2) is 22.8 Å². The van der Waals surface area contributed by atoms with Gasteiger partial charge in [-0.15, -0.1) is 0 Å². The Balaban J connectivity index is 2.81. The maximum atomic E-state index is 5.70. The summed E-state index contributed by atoms with van der Waals surface area (Å²) in [5.74, 6) is 0.519. The second-order valence-corrected chi connectivity index (χ2v) is 3.89. The average molecular weight is 252 g/mol. The average Bonchev–Trinajstić information content (AvgIpc) is 2.19. The molecule has 0 atom stereocenters. The highest BCUT2D eigenvalue weighted by atomic mass is 79.9. The lowest BCUT2D eigenvalue weighted by molar-refractivity contribution is 1.05. The van der Waals surface area contributed by atoms with Crippen LogP contribution in [0.4, 0.5) is 5.82 Å². The molecule has 2 rings (SSSR count). The number of hydrogen-bond acceptors (Lipinski definition) is 3. The van der Waals surface area contributed by atoms with Crippen molar-refractivity contribution in [2.45, 2.75) is 13.3 Å². The maximum absolute atomic E-state index is 5.70. The van der Waals surface area contributed by atoms with E-state index in [1.54, 1.807) is 6.20 Å². The van der Waals surface area contributed by atoms with Gasteiger partial charge in [-0.1, -0.05) is 6.92 Å². The lowest BCUT2D eigenvalue weighted by Gasteiger charge is -2.04. The SMILES string of the molecule is CCc1nccc2nc(N)c(Br)cc12. The minimum Gasteiger partial charge on any atom is -0.383 e. The van der Waals surface area contributed by atoms with E-state index in [1.165, 1.54) is 0 Å². The van der Waals surface area contributed by atoms with Crippen molar-refractivity contribution in [2.24, 2.45) is 0 Å². The van der Waals surface area contributed by atoms with Crippen molar-refractivity contribution in [2.75, 3.05) is 5.73 Å². The highest BCUT2D eigenvalue weighted by Gasteiger charge is 2.04. The first-order chi connectivity index (χ1) is 6.72. The Morgan fingerprint density at radius 1 is 1.50 bits per heavy atom. The summed E-state index contributed by atoms with van der Waals surface area (Å²) >= 11 is 3.36. The van der Waals surface area contributed by atoms with Gasteiger partial charge in [-0.2, -0.15) is 0 Å². The number of nitrogens with two attached hydrogens (primary N) is 1. The standard InChI is InChI=1S/C10H10BrN3/c1-2-8-6-5-7(11)10(12)14-9(6)3-4-13-8/h3-5H,2H2,1H3,(H2,12,14). The number of pyridine rings is 2. The number of halogens is 1. The van der Waals surface area contributed by atoms with Gasteiger partial charge in [0.05, 0.1) is 9.99 Å². The quantitative estimate of drug-likeness (QED) is 0.848. The Morgan fingerprint density at radius 2 is 2.29 bits per heavy atom. The van der Waals surface area contributed by atoms with Crippen LogP contribution >= 0.6 is 15.9 Å². The van der Waals surface area contributed by atoms with Gasteiger partial charge >= 0.3 is 0 Å². The molecule has 3 nitrogen and oxygen atoms in total.